The zero-order valence-corrected chi connectivity index (χ0v) is 12.3. The third-order valence-electron chi connectivity index (χ3n) is 3.96. The van der Waals surface area contributed by atoms with Crippen LogP contribution in [0.2, 0.25) is 0 Å². The van der Waals surface area contributed by atoms with E-state index in [1.54, 1.807) is 12.1 Å². The predicted octanol–water partition coefficient (Wildman–Crippen LogP) is 2.95. The van der Waals surface area contributed by atoms with E-state index in [0.717, 1.165) is 24.2 Å². The fourth-order valence-electron chi connectivity index (χ4n) is 2.95. The van der Waals surface area contributed by atoms with Gasteiger partial charge in [-0.1, -0.05) is 18.2 Å². The molecule has 1 aliphatic rings. The Kier molecular flexibility index (Phi) is 3.37. The van der Waals surface area contributed by atoms with Crippen LogP contribution in [0.25, 0.3) is 0 Å². The minimum absolute atomic E-state index is 0.00755. The van der Waals surface area contributed by atoms with Crippen LogP contribution in [0.3, 0.4) is 0 Å². The number of nitrogens with zero attached hydrogens (tertiary/aromatic N) is 2. The number of carbonyl (C=O) groups excluding carboxylic acids is 1. The molecule has 1 aromatic carbocycles. The monoisotopic (exact) mass is 281 g/mol. The molecule has 0 saturated heterocycles. The molecule has 1 aromatic heterocycles. The van der Waals surface area contributed by atoms with Crippen molar-refractivity contribution >= 4 is 17.4 Å². The number of carbonyl (C=O) groups is 1. The fraction of sp³-hybridized carbons (Fsp3) is 0.294. The van der Waals surface area contributed by atoms with Gasteiger partial charge in [0.05, 0.1) is 0 Å². The number of nitrogen functional groups attached to an aromatic ring is 1. The second kappa shape index (κ2) is 5.20. The highest BCUT2D eigenvalue weighted by atomic mass is 16.2. The molecule has 3 rings (SSSR count). The third-order valence-corrected chi connectivity index (χ3v) is 3.96. The normalized spacial score (nSPS) is 17.4. The average Bonchev–Trinajstić information content (AvgIpc) is 2.45. The summed E-state index contributed by atoms with van der Waals surface area (Å²) in [5, 5.41) is 0. The minimum atomic E-state index is -0.00755. The molecule has 4 nitrogen and oxygen atoms in total. The van der Waals surface area contributed by atoms with E-state index >= 15 is 0 Å². The first-order chi connectivity index (χ1) is 10.1. The van der Waals surface area contributed by atoms with Gasteiger partial charge < -0.3 is 10.6 Å². The van der Waals surface area contributed by atoms with Gasteiger partial charge in [-0.05, 0) is 50.5 Å². The molecule has 21 heavy (non-hydrogen) atoms. The van der Waals surface area contributed by atoms with Crippen molar-refractivity contribution < 1.29 is 4.79 Å². The Balaban J connectivity index is 2.04. The molecular formula is C17H19N3O. The Morgan fingerprint density at radius 2 is 2.10 bits per heavy atom. The van der Waals surface area contributed by atoms with Gasteiger partial charge in [0.2, 0.25) is 0 Å². The van der Waals surface area contributed by atoms with Crippen LogP contribution in [-0.2, 0) is 6.42 Å². The topological polar surface area (TPSA) is 59.2 Å². The Morgan fingerprint density at radius 1 is 1.33 bits per heavy atom. The Labute approximate surface area is 124 Å². The van der Waals surface area contributed by atoms with Gasteiger partial charge >= 0.3 is 0 Å². The van der Waals surface area contributed by atoms with E-state index in [4.69, 9.17) is 5.73 Å². The minimum Gasteiger partial charge on any atom is -0.384 e. The third kappa shape index (κ3) is 2.49. The quantitative estimate of drug-likeness (QED) is 0.874. The number of para-hydroxylation sites is 1. The number of hydrogen-bond donors (Lipinski definition) is 1. The number of nitrogens with two attached hydrogens (primary N) is 1. The van der Waals surface area contributed by atoms with Gasteiger partial charge in [0, 0.05) is 23.0 Å². The van der Waals surface area contributed by atoms with Crippen molar-refractivity contribution in [3.05, 3.63) is 53.2 Å². The van der Waals surface area contributed by atoms with Crippen LogP contribution in [0, 0.1) is 6.92 Å². The molecule has 1 unspecified atom stereocenters. The van der Waals surface area contributed by atoms with E-state index in [0.29, 0.717) is 11.4 Å². The zero-order chi connectivity index (χ0) is 15.0. The molecule has 2 aromatic rings. The summed E-state index contributed by atoms with van der Waals surface area (Å²) in [6, 6.07) is 11.7. The lowest BCUT2D eigenvalue weighted by Gasteiger charge is -2.35. The van der Waals surface area contributed by atoms with Gasteiger partial charge in [-0.15, -0.1) is 0 Å². The van der Waals surface area contributed by atoms with Crippen molar-refractivity contribution in [3.63, 3.8) is 0 Å². The number of fused-ring (bicyclic) bond motifs is 1. The Bertz CT molecular complexity index is 676. The summed E-state index contributed by atoms with van der Waals surface area (Å²) in [5.41, 5.74) is 9.37. The van der Waals surface area contributed by atoms with Crippen molar-refractivity contribution in [1.29, 1.82) is 0 Å². The summed E-state index contributed by atoms with van der Waals surface area (Å²) in [5.74, 6) is 0.378. The van der Waals surface area contributed by atoms with Crippen molar-refractivity contribution in [2.45, 2.75) is 32.7 Å². The van der Waals surface area contributed by atoms with Crippen LogP contribution in [-0.4, -0.2) is 16.9 Å². The van der Waals surface area contributed by atoms with Crippen LogP contribution < -0.4 is 10.6 Å². The number of aryl methyl sites for hydroxylation is 2. The highest BCUT2D eigenvalue weighted by Crippen LogP contribution is 2.31. The summed E-state index contributed by atoms with van der Waals surface area (Å²) in [7, 11) is 0. The van der Waals surface area contributed by atoms with Gasteiger partial charge in [-0.2, -0.15) is 0 Å². The molecular weight excluding hydrogens is 262 g/mol. The molecule has 4 heteroatoms. The Morgan fingerprint density at radius 3 is 2.86 bits per heavy atom. The van der Waals surface area contributed by atoms with Gasteiger partial charge in [-0.3, -0.25) is 4.79 Å². The van der Waals surface area contributed by atoms with Crippen molar-refractivity contribution in [2.24, 2.45) is 0 Å². The molecule has 0 fully saturated rings. The van der Waals surface area contributed by atoms with Crippen molar-refractivity contribution in [3.8, 4) is 0 Å². The maximum atomic E-state index is 12.9. The number of pyridine rings is 1. The first-order valence-electron chi connectivity index (χ1n) is 7.22. The maximum absolute atomic E-state index is 12.9. The molecule has 2 N–H and O–H groups in total. The predicted molar refractivity (Wildman–Crippen MR) is 84.4 cm³/mol. The van der Waals surface area contributed by atoms with Crippen LogP contribution in [0.4, 0.5) is 11.5 Å². The zero-order valence-electron chi connectivity index (χ0n) is 12.3. The van der Waals surface area contributed by atoms with Crippen LogP contribution >= 0.6 is 0 Å². The van der Waals surface area contributed by atoms with E-state index < -0.39 is 0 Å². The highest BCUT2D eigenvalue weighted by molar-refractivity contribution is 6.07. The van der Waals surface area contributed by atoms with E-state index in [2.05, 4.69) is 18.0 Å². The SMILES string of the molecule is Cc1cc(C(=O)N2c3ccccc3CCC2C)cc(N)n1. The number of hydrogen-bond acceptors (Lipinski definition) is 3. The fourth-order valence-corrected chi connectivity index (χ4v) is 2.95. The van der Waals surface area contributed by atoms with Crippen LogP contribution in [0.1, 0.15) is 35.0 Å². The summed E-state index contributed by atoms with van der Waals surface area (Å²) >= 11 is 0. The van der Waals surface area contributed by atoms with Crippen LogP contribution in [0.5, 0.6) is 0 Å². The molecule has 2 heterocycles. The molecule has 0 radical (unpaired) electrons. The van der Waals surface area contributed by atoms with E-state index in [1.165, 1.54) is 5.56 Å². The standard InChI is InChI=1S/C17H19N3O/c1-11-9-14(10-16(18)19-11)17(21)20-12(2)7-8-13-5-3-4-6-15(13)20/h3-6,9-10,12H,7-8H2,1-2H3,(H2,18,19). The van der Waals surface area contributed by atoms with Gasteiger partial charge in [0.1, 0.15) is 5.82 Å². The molecule has 108 valence electrons. The molecule has 0 bridgehead atoms. The summed E-state index contributed by atoms with van der Waals surface area (Å²) in [4.78, 5) is 18.9. The highest BCUT2D eigenvalue weighted by Gasteiger charge is 2.28. The lowest BCUT2D eigenvalue weighted by molar-refractivity contribution is 0.0975. The van der Waals surface area contributed by atoms with E-state index in [-0.39, 0.29) is 11.9 Å². The largest absolute Gasteiger partial charge is 0.384 e. The van der Waals surface area contributed by atoms with Crippen molar-refractivity contribution in [2.75, 3.05) is 10.6 Å². The first-order valence-corrected chi connectivity index (χ1v) is 7.22. The number of anilines is 2. The van der Waals surface area contributed by atoms with Gasteiger partial charge in [0.25, 0.3) is 5.91 Å². The summed E-state index contributed by atoms with van der Waals surface area (Å²) < 4.78 is 0. The Hall–Kier alpha value is -2.36. The lowest BCUT2D eigenvalue weighted by Crippen LogP contribution is -2.42. The molecule has 0 aliphatic carbocycles. The lowest BCUT2D eigenvalue weighted by atomic mass is 9.96. The average molecular weight is 281 g/mol. The molecule has 0 spiro atoms. The maximum Gasteiger partial charge on any atom is 0.258 e. The van der Waals surface area contributed by atoms with Gasteiger partial charge in [-0.25, -0.2) is 4.98 Å². The molecule has 0 saturated carbocycles. The van der Waals surface area contributed by atoms with E-state index in [1.807, 2.05) is 30.0 Å². The van der Waals surface area contributed by atoms with Crippen LogP contribution in [0.15, 0.2) is 36.4 Å². The second-order valence-corrected chi connectivity index (χ2v) is 5.61. The van der Waals surface area contributed by atoms with Crippen molar-refractivity contribution in [1.82, 2.24) is 4.98 Å². The molecule has 1 amide bonds. The first kappa shape index (κ1) is 13.6. The van der Waals surface area contributed by atoms with Gasteiger partial charge in [0.15, 0.2) is 0 Å². The van der Waals surface area contributed by atoms with E-state index in [9.17, 15) is 4.79 Å². The number of benzene rings is 1. The number of aromatic nitrogens is 1. The molecule has 1 atom stereocenters. The summed E-state index contributed by atoms with van der Waals surface area (Å²) in [6.07, 6.45) is 1.99. The smallest absolute Gasteiger partial charge is 0.258 e. The molecule has 1 aliphatic heterocycles. The number of rotatable bonds is 1. The second-order valence-electron chi connectivity index (χ2n) is 5.61. The number of amides is 1. The summed E-state index contributed by atoms with van der Waals surface area (Å²) in [6.45, 7) is 3.94.